The molecule has 88 valence electrons. The average molecular weight is 231 g/mol. The van der Waals surface area contributed by atoms with Gasteiger partial charge in [0.1, 0.15) is 11.6 Å². The van der Waals surface area contributed by atoms with E-state index in [-0.39, 0.29) is 5.56 Å². The van der Waals surface area contributed by atoms with E-state index in [9.17, 15) is 4.79 Å². The third-order valence-corrected chi connectivity index (χ3v) is 2.47. The van der Waals surface area contributed by atoms with Crippen molar-refractivity contribution in [2.75, 3.05) is 0 Å². The smallest absolute Gasteiger partial charge is 0.335 e. The molecule has 0 aliphatic rings. The van der Waals surface area contributed by atoms with Crippen molar-refractivity contribution in [2.45, 2.75) is 20.3 Å². The molecule has 0 amide bonds. The summed E-state index contributed by atoms with van der Waals surface area (Å²) < 4.78 is 1.80. The quantitative estimate of drug-likeness (QED) is 0.875. The van der Waals surface area contributed by atoms with Crippen LogP contribution in [0.4, 0.5) is 0 Å². The summed E-state index contributed by atoms with van der Waals surface area (Å²) in [5.41, 5.74) is 0.916. The number of rotatable bonds is 3. The second-order valence-corrected chi connectivity index (χ2v) is 3.73. The van der Waals surface area contributed by atoms with Crippen LogP contribution in [0, 0.1) is 6.92 Å². The van der Waals surface area contributed by atoms with Crippen LogP contribution >= 0.6 is 0 Å². The minimum atomic E-state index is -0.949. The van der Waals surface area contributed by atoms with Crippen LogP contribution in [0.2, 0.25) is 0 Å². The van der Waals surface area contributed by atoms with Gasteiger partial charge in [-0.1, -0.05) is 6.92 Å². The van der Waals surface area contributed by atoms with Crippen LogP contribution in [-0.4, -0.2) is 25.6 Å². The Balaban J connectivity index is 2.56. The van der Waals surface area contributed by atoms with Gasteiger partial charge in [0, 0.05) is 24.5 Å². The molecule has 2 aromatic rings. The maximum atomic E-state index is 11.0. The van der Waals surface area contributed by atoms with Crippen LogP contribution in [0.1, 0.15) is 28.8 Å². The predicted octanol–water partition coefficient (Wildman–Crippen LogP) is 1.84. The van der Waals surface area contributed by atoms with Crippen molar-refractivity contribution in [3.05, 3.63) is 41.6 Å². The first kappa shape index (κ1) is 11.3. The predicted molar refractivity (Wildman–Crippen MR) is 62.4 cm³/mol. The minimum absolute atomic E-state index is 0.239. The van der Waals surface area contributed by atoms with E-state index in [1.807, 2.05) is 6.92 Å². The van der Waals surface area contributed by atoms with E-state index in [1.165, 1.54) is 0 Å². The lowest BCUT2D eigenvalue weighted by Gasteiger charge is -2.07. The molecule has 0 saturated heterocycles. The van der Waals surface area contributed by atoms with Crippen molar-refractivity contribution in [1.29, 1.82) is 0 Å². The largest absolute Gasteiger partial charge is 0.478 e. The molecule has 0 fully saturated rings. The fourth-order valence-corrected chi connectivity index (χ4v) is 1.70. The Labute approximate surface area is 98.8 Å². The lowest BCUT2D eigenvalue weighted by Crippen LogP contribution is -2.06. The molecule has 0 aliphatic carbocycles. The Morgan fingerprint density at radius 2 is 2.24 bits per heavy atom. The van der Waals surface area contributed by atoms with Crippen molar-refractivity contribution in [1.82, 2.24) is 14.5 Å². The van der Waals surface area contributed by atoms with Crippen LogP contribution in [-0.2, 0) is 6.42 Å². The third-order valence-electron chi connectivity index (χ3n) is 2.47. The number of pyridine rings is 1. The van der Waals surface area contributed by atoms with Crippen molar-refractivity contribution < 1.29 is 9.90 Å². The number of aromatic nitrogens is 3. The molecule has 2 aromatic heterocycles. The number of carboxylic acid groups (broad SMARTS) is 1. The number of aryl methyl sites for hydroxylation is 2. The maximum absolute atomic E-state index is 11.0. The molecule has 1 N–H and O–H groups in total. The molecule has 0 aromatic carbocycles. The van der Waals surface area contributed by atoms with E-state index in [0.717, 1.165) is 12.2 Å². The average Bonchev–Trinajstić information content (AvgIpc) is 2.76. The highest BCUT2D eigenvalue weighted by Crippen LogP contribution is 2.12. The molecule has 5 heteroatoms. The molecule has 0 bridgehead atoms. The number of carboxylic acids is 1. The summed E-state index contributed by atoms with van der Waals surface area (Å²) in [5, 5.41) is 9.01. The van der Waals surface area contributed by atoms with Crippen LogP contribution in [0.15, 0.2) is 24.5 Å². The Hall–Kier alpha value is -2.17. The first-order valence-corrected chi connectivity index (χ1v) is 5.36. The summed E-state index contributed by atoms with van der Waals surface area (Å²) in [4.78, 5) is 19.5. The minimum Gasteiger partial charge on any atom is -0.478 e. The second kappa shape index (κ2) is 4.37. The molecule has 17 heavy (non-hydrogen) atoms. The van der Waals surface area contributed by atoms with Gasteiger partial charge in [-0.15, -0.1) is 0 Å². The van der Waals surface area contributed by atoms with Crippen LogP contribution in [0.25, 0.3) is 5.82 Å². The van der Waals surface area contributed by atoms with Crippen molar-refractivity contribution in [2.24, 2.45) is 0 Å². The Kier molecular flexibility index (Phi) is 2.91. The van der Waals surface area contributed by atoms with Gasteiger partial charge < -0.3 is 5.11 Å². The highest BCUT2D eigenvalue weighted by atomic mass is 16.4. The number of aromatic carboxylic acids is 1. The van der Waals surface area contributed by atoms with Gasteiger partial charge in [0.05, 0.1) is 5.56 Å². The summed E-state index contributed by atoms with van der Waals surface area (Å²) in [7, 11) is 0. The van der Waals surface area contributed by atoms with Crippen molar-refractivity contribution in [3.63, 3.8) is 0 Å². The summed E-state index contributed by atoms with van der Waals surface area (Å²) in [6.07, 6.45) is 4.24. The molecule has 2 heterocycles. The van der Waals surface area contributed by atoms with E-state index in [2.05, 4.69) is 9.97 Å². The molecule has 0 unspecified atom stereocenters. The molecule has 0 atom stereocenters. The van der Waals surface area contributed by atoms with Gasteiger partial charge >= 0.3 is 5.97 Å². The highest BCUT2D eigenvalue weighted by molar-refractivity contribution is 5.88. The van der Waals surface area contributed by atoms with Crippen LogP contribution in [0.5, 0.6) is 0 Å². The zero-order valence-electron chi connectivity index (χ0n) is 9.71. The van der Waals surface area contributed by atoms with E-state index in [4.69, 9.17) is 5.11 Å². The zero-order chi connectivity index (χ0) is 12.4. The molecular weight excluding hydrogens is 218 g/mol. The summed E-state index contributed by atoms with van der Waals surface area (Å²) >= 11 is 0. The number of nitrogens with zero attached hydrogens (tertiary/aromatic N) is 3. The molecule has 0 aliphatic heterocycles. The van der Waals surface area contributed by atoms with Gasteiger partial charge in [-0.2, -0.15) is 0 Å². The van der Waals surface area contributed by atoms with Gasteiger partial charge in [0.15, 0.2) is 0 Å². The number of imidazole rings is 1. The SMILES string of the molecule is CCc1nccn1-c1cc(C(=O)O)cc(C)n1. The standard InChI is InChI=1S/C12H13N3O2/c1-3-10-13-4-5-15(10)11-7-9(12(16)17)6-8(2)14-11/h4-7H,3H2,1-2H3,(H,16,17). The summed E-state index contributed by atoms with van der Waals surface area (Å²) in [6, 6.07) is 3.10. The zero-order valence-corrected chi connectivity index (χ0v) is 9.71. The Bertz CT molecular complexity index is 561. The molecular formula is C12H13N3O2. The lowest BCUT2D eigenvalue weighted by molar-refractivity contribution is 0.0696. The van der Waals surface area contributed by atoms with E-state index < -0.39 is 5.97 Å². The molecule has 0 saturated carbocycles. The highest BCUT2D eigenvalue weighted by Gasteiger charge is 2.09. The number of hydrogen-bond acceptors (Lipinski definition) is 3. The topological polar surface area (TPSA) is 68.0 Å². The Morgan fingerprint density at radius 1 is 1.47 bits per heavy atom. The van der Waals surface area contributed by atoms with Gasteiger partial charge in [-0.3, -0.25) is 4.57 Å². The first-order chi connectivity index (χ1) is 8.11. The van der Waals surface area contributed by atoms with Crippen molar-refractivity contribution >= 4 is 5.97 Å². The van der Waals surface area contributed by atoms with Gasteiger partial charge in [-0.05, 0) is 19.1 Å². The van der Waals surface area contributed by atoms with Crippen molar-refractivity contribution in [3.8, 4) is 5.82 Å². The summed E-state index contributed by atoms with van der Waals surface area (Å²) in [6.45, 7) is 3.77. The lowest BCUT2D eigenvalue weighted by atomic mass is 10.2. The second-order valence-electron chi connectivity index (χ2n) is 3.73. The Morgan fingerprint density at radius 3 is 2.88 bits per heavy atom. The molecule has 0 radical (unpaired) electrons. The maximum Gasteiger partial charge on any atom is 0.335 e. The van der Waals surface area contributed by atoms with Gasteiger partial charge in [0.25, 0.3) is 0 Å². The molecule has 5 nitrogen and oxygen atoms in total. The van der Waals surface area contributed by atoms with Crippen LogP contribution in [0.3, 0.4) is 0 Å². The van der Waals surface area contributed by atoms with E-state index in [0.29, 0.717) is 11.5 Å². The first-order valence-electron chi connectivity index (χ1n) is 5.36. The van der Waals surface area contributed by atoms with Gasteiger partial charge in [0.2, 0.25) is 0 Å². The fourth-order valence-electron chi connectivity index (χ4n) is 1.70. The summed E-state index contributed by atoms with van der Waals surface area (Å²) in [5.74, 6) is 0.506. The fraction of sp³-hybridized carbons (Fsp3) is 0.250. The molecule has 2 rings (SSSR count). The van der Waals surface area contributed by atoms with E-state index in [1.54, 1.807) is 36.0 Å². The number of carbonyl (C=O) groups is 1. The monoisotopic (exact) mass is 231 g/mol. The third kappa shape index (κ3) is 2.18. The molecule has 0 spiro atoms. The van der Waals surface area contributed by atoms with E-state index >= 15 is 0 Å². The normalized spacial score (nSPS) is 10.5. The van der Waals surface area contributed by atoms with Gasteiger partial charge in [-0.25, -0.2) is 14.8 Å². The van der Waals surface area contributed by atoms with Crippen LogP contribution < -0.4 is 0 Å². The number of hydrogen-bond donors (Lipinski definition) is 1.